The third-order valence-corrected chi connectivity index (χ3v) is 5.87. The summed E-state index contributed by atoms with van der Waals surface area (Å²) in [5.41, 5.74) is -0.613. The van der Waals surface area contributed by atoms with Gasteiger partial charge in [0, 0.05) is 25.7 Å². The van der Waals surface area contributed by atoms with Crippen molar-refractivity contribution in [3.63, 3.8) is 0 Å². The van der Waals surface area contributed by atoms with Crippen LogP contribution in [0.15, 0.2) is 12.4 Å². The van der Waals surface area contributed by atoms with Gasteiger partial charge in [-0.15, -0.1) is 0 Å². The quantitative estimate of drug-likeness (QED) is 0.705. The Kier molecular flexibility index (Phi) is 5.73. The molecule has 1 aromatic heterocycles. The Morgan fingerprint density at radius 1 is 1.31 bits per heavy atom. The maximum Gasteiger partial charge on any atom is 0.241 e. The van der Waals surface area contributed by atoms with E-state index in [9.17, 15) is 14.4 Å². The van der Waals surface area contributed by atoms with Crippen LogP contribution in [0.25, 0.3) is 0 Å². The molecule has 0 saturated heterocycles. The van der Waals surface area contributed by atoms with Crippen molar-refractivity contribution >= 4 is 23.4 Å². The summed E-state index contributed by atoms with van der Waals surface area (Å²) in [7, 11) is 1.56. The second-order valence-corrected chi connectivity index (χ2v) is 7.59. The van der Waals surface area contributed by atoms with Crippen molar-refractivity contribution < 1.29 is 14.4 Å². The number of hydrogen-bond donors (Lipinski definition) is 3. The maximum absolute atomic E-state index is 13.0. The average molecular weight is 363 g/mol. The summed E-state index contributed by atoms with van der Waals surface area (Å²) in [4.78, 5) is 36.8. The van der Waals surface area contributed by atoms with Crippen LogP contribution >= 0.6 is 0 Å². The first-order valence-corrected chi connectivity index (χ1v) is 8.98. The number of likely N-dealkylation sites (N-methyl/N-ethyl adjacent to an activating group) is 1. The minimum Gasteiger partial charge on any atom is -0.358 e. The fourth-order valence-electron chi connectivity index (χ4n) is 3.67. The number of nitrogens with one attached hydrogen (secondary N) is 3. The molecule has 26 heavy (non-hydrogen) atoms. The smallest absolute Gasteiger partial charge is 0.241 e. The number of carbonyl (C=O) groups is 3. The van der Waals surface area contributed by atoms with Crippen molar-refractivity contribution in [2.75, 3.05) is 18.9 Å². The number of hydrogen-bond acceptors (Lipinski definition) is 4. The van der Waals surface area contributed by atoms with Crippen molar-refractivity contribution in [2.24, 2.45) is 16.7 Å². The number of amides is 3. The molecule has 2 rings (SSSR count). The van der Waals surface area contributed by atoms with Gasteiger partial charge in [0.1, 0.15) is 6.54 Å². The highest BCUT2D eigenvalue weighted by atomic mass is 16.2. The van der Waals surface area contributed by atoms with E-state index < -0.39 is 10.8 Å². The normalized spacial score (nSPS) is 24.1. The summed E-state index contributed by atoms with van der Waals surface area (Å²) in [6, 6.07) is 0. The van der Waals surface area contributed by atoms with Gasteiger partial charge in [0.15, 0.2) is 0 Å². The van der Waals surface area contributed by atoms with Gasteiger partial charge in [-0.05, 0) is 25.2 Å². The van der Waals surface area contributed by atoms with E-state index in [0.29, 0.717) is 25.1 Å². The zero-order valence-corrected chi connectivity index (χ0v) is 16.2. The molecule has 1 aliphatic rings. The fourth-order valence-corrected chi connectivity index (χ4v) is 3.67. The zero-order valence-electron chi connectivity index (χ0n) is 16.2. The maximum atomic E-state index is 13.0. The molecule has 1 heterocycles. The van der Waals surface area contributed by atoms with Crippen LogP contribution in [0.1, 0.15) is 40.5 Å². The van der Waals surface area contributed by atoms with E-state index in [1.807, 2.05) is 27.7 Å². The van der Waals surface area contributed by atoms with Crippen LogP contribution in [0.3, 0.4) is 0 Å². The van der Waals surface area contributed by atoms with E-state index in [-0.39, 0.29) is 30.2 Å². The Hall–Kier alpha value is -2.38. The van der Waals surface area contributed by atoms with E-state index in [0.717, 1.165) is 0 Å². The number of nitrogens with zero attached hydrogens (tertiary/aromatic N) is 2. The van der Waals surface area contributed by atoms with Gasteiger partial charge in [-0.3, -0.25) is 19.1 Å². The summed E-state index contributed by atoms with van der Waals surface area (Å²) in [5, 5.41) is 12.4. The molecule has 1 saturated carbocycles. The number of carbonyl (C=O) groups excluding carboxylic acids is 3. The Morgan fingerprint density at radius 2 is 2.00 bits per heavy atom. The highest BCUT2D eigenvalue weighted by Gasteiger charge is 2.57. The molecule has 1 fully saturated rings. The molecule has 144 valence electrons. The standard InChI is InChI=1S/C18H29N5O3/c1-6-20-15(25)13-7-8-18(4,17(13,2)3)16(26)22-12-9-21-23(10-12)11-14(24)19-5/h9-10,13H,6-8,11H2,1-5H3,(H,19,24)(H,20,25)(H,22,26)/t13?,18-/m0/s1. The molecule has 0 radical (unpaired) electrons. The SMILES string of the molecule is CCNC(=O)C1CC[C@@](C)(C(=O)Nc2cnn(CC(=O)NC)c2)C1(C)C. The molecule has 0 aromatic carbocycles. The largest absolute Gasteiger partial charge is 0.358 e. The van der Waals surface area contributed by atoms with Gasteiger partial charge in [0.05, 0.1) is 17.3 Å². The molecule has 3 N–H and O–H groups in total. The third-order valence-electron chi connectivity index (χ3n) is 5.87. The molecule has 0 bridgehead atoms. The van der Waals surface area contributed by atoms with Gasteiger partial charge in [-0.1, -0.05) is 20.8 Å². The molecule has 2 atom stereocenters. The first-order valence-electron chi connectivity index (χ1n) is 8.98. The highest BCUT2D eigenvalue weighted by molar-refractivity contribution is 5.96. The van der Waals surface area contributed by atoms with Crippen LogP contribution in [0.2, 0.25) is 0 Å². The molecule has 8 heteroatoms. The lowest BCUT2D eigenvalue weighted by molar-refractivity contribution is -0.135. The first-order chi connectivity index (χ1) is 12.2. The summed E-state index contributed by atoms with van der Waals surface area (Å²) in [6.45, 7) is 8.44. The minimum absolute atomic E-state index is 0.00687. The molecule has 8 nitrogen and oxygen atoms in total. The van der Waals surface area contributed by atoms with Crippen LogP contribution in [-0.2, 0) is 20.9 Å². The molecule has 0 spiro atoms. The summed E-state index contributed by atoms with van der Waals surface area (Å²) in [5.74, 6) is -0.491. The Balaban J connectivity index is 2.11. The highest BCUT2D eigenvalue weighted by Crippen LogP contribution is 2.56. The predicted octanol–water partition coefficient (Wildman–Crippen LogP) is 1.15. The van der Waals surface area contributed by atoms with E-state index in [1.165, 1.54) is 10.9 Å². The van der Waals surface area contributed by atoms with Crippen molar-refractivity contribution in [1.82, 2.24) is 20.4 Å². The van der Waals surface area contributed by atoms with E-state index in [2.05, 4.69) is 21.0 Å². The topological polar surface area (TPSA) is 105 Å². The van der Waals surface area contributed by atoms with Crippen LogP contribution < -0.4 is 16.0 Å². The number of rotatable bonds is 6. The van der Waals surface area contributed by atoms with Crippen LogP contribution in [0.5, 0.6) is 0 Å². The molecule has 1 aromatic rings. The van der Waals surface area contributed by atoms with Crippen molar-refractivity contribution in [1.29, 1.82) is 0 Å². The molecular formula is C18H29N5O3. The summed E-state index contributed by atoms with van der Waals surface area (Å²) in [6.07, 6.45) is 4.46. The lowest BCUT2D eigenvalue weighted by atomic mass is 9.65. The average Bonchev–Trinajstić information content (AvgIpc) is 3.10. The molecular weight excluding hydrogens is 334 g/mol. The lowest BCUT2D eigenvalue weighted by Gasteiger charge is -2.39. The lowest BCUT2D eigenvalue weighted by Crippen LogP contribution is -2.47. The monoisotopic (exact) mass is 363 g/mol. The second-order valence-electron chi connectivity index (χ2n) is 7.59. The Bertz CT molecular complexity index is 697. The van der Waals surface area contributed by atoms with Gasteiger partial charge < -0.3 is 16.0 Å². The number of aromatic nitrogens is 2. The number of anilines is 1. The van der Waals surface area contributed by atoms with Crippen LogP contribution in [0, 0.1) is 16.7 Å². The first kappa shape index (κ1) is 19.9. The van der Waals surface area contributed by atoms with Crippen molar-refractivity contribution in [2.45, 2.75) is 47.1 Å². The van der Waals surface area contributed by atoms with Crippen LogP contribution in [-0.4, -0.2) is 41.1 Å². The third kappa shape index (κ3) is 3.59. The van der Waals surface area contributed by atoms with Gasteiger partial charge >= 0.3 is 0 Å². The van der Waals surface area contributed by atoms with E-state index in [1.54, 1.807) is 13.2 Å². The minimum atomic E-state index is -0.675. The molecule has 0 aliphatic heterocycles. The zero-order chi connectivity index (χ0) is 19.5. The van der Waals surface area contributed by atoms with Gasteiger partial charge in [-0.2, -0.15) is 5.10 Å². The van der Waals surface area contributed by atoms with Crippen molar-refractivity contribution in [3.8, 4) is 0 Å². The van der Waals surface area contributed by atoms with Crippen LogP contribution in [0.4, 0.5) is 5.69 Å². The Morgan fingerprint density at radius 3 is 2.62 bits per heavy atom. The fraction of sp³-hybridized carbons (Fsp3) is 0.667. The van der Waals surface area contributed by atoms with Crippen molar-refractivity contribution in [3.05, 3.63) is 12.4 Å². The van der Waals surface area contributed by atoms with Gasteiger partial charge in [0.25, 0.3) is 0 Å². The van der Waals surface area contributed by atoms with E-state index >= 15 is 0 Å². The summed E-state index contributed by atoms with van der Waals surface area (Å²) < 4.78 is 1.47. The molecule has 1 unspecified atom stereocenters. The Labute approximate surface area is 154 Å². The molecule has 1 aliphatic carbocycles. The predicted molar refractivity (Wildman–Crippen MR) is 98.2 cm³/mol. The van der Waals surface area contributed by atoms with Gasteiger partial charge in [0.2, 0.25) is 17.7 Å². The van der Waals surface area contributed by atoms with Gasteiger partial charge in [-0.25, -0.2) is 0 Å². The molecule has 3 amide bonds. The second kappa shape index (κ2) is 7.47. The summed E-state index contributed by atoms with van der Waals surface area (Å²) >= 11 is 0. The van der Waals surface area contributed by atoms with E-state index in [4.69, 9.17) is 0 Å².